The van der Waals surface area contributed by atoms with Crippen LogP contribution < -0.4 is 10.2 Å². The van der Waals surface area contributed by atoms with Crippen LogP contribution in [0.3, 0.4) is 0 Å². The molecule has 1 saturated heterocycles. The van der Waals surface area contributed by atoms with E-state index in [2.05, 4.69) is 4.72 Å². The quantitative estimate of drug-likeness (QED) is 0.815. The highest BCUT2D eigenvalue weighted by Crippen LogP contribution is 2.36. The molecule has 1 heterocycles. The van der Waals surface area contributed by atoms with Crippen LogP contribution in [0.15, 0.2) is 47.4 Å². The van der Waals surface area contributed by atoms with E-state index < -0.39 is 34.2 Å². The number of benzene rings is 2. The fourth-order valence-corrected chi connectivity index (χ4v) is 3.55. The summed E-state index contributed by atoms with van der Waals surface area (Å²) in [6.07, 6.45) is 0. The lowest BCUT2D eigenvalue weighted by molar-refractivity contribution is 0.00578. The topological polar surface area (TPSA) is 64.6 Å². The van der Waals surface area contributed by atoms with E-state index in [0.29, 0.717) is 16.6 Å². The first-order valence-corrected chi connectivity index (χ1v) is 10.1. The van der Waals surface area contributed by atoms with Crippen molar-refractivity contribution < 1.29 is 22.1 Å². The van der Waals surface area contributed by atoms with Crippen LogP contribution in [0.1, 0.15) is 27.7 Å². The van der Waals surface area contributed by atoms with Crippen LogP contribution in [-0.2, 0) is 19.3 Å². The Balaban J connectivity index is 1.95. The summed E-state index contributed by atoms with van der Waals surface area (Å²) < 4.78 is 52.4. The van der Waals surface area contributed by atoms with Crippen molar-refractivity contribution >= 4 is 22.6 Å². The Morgan fingerprint density at radius 1 is 0.963 bits per heavy atom. The summed E-state index contributed by atoms with van der Waals surface area (Å²) in [5, 5.41) is 0. The van der Waals surface area contributed by atoms with E-state index in [4.69, 9.17) is 9.31 Å². The van der Waals surface area contributed by atoms with Gasteiger partial charge < -0.3 is 9.31 Å². The number of sulfonamides is 1. The van der Waals surface area contributed by atoms with Crippen molar-refractivity contribution in [2.75, 3.05) is 7.05 Å². The summed E-state index contributed by atoms with van der Waals surface area (Å²) in [5.74, 6) is -0.403. The molecule has 144 valence electrons. The van der Waals surface area contributed by atoms with Gasteiger partial charge in [-0.15, -0.1) is 0 Å². The molecule has 3 rings (SSSR count). The second-order valence-electron chi connectivity index (χ2n) is 7.56. The molecule has 0 aromatic heterocycles. The Morgan fingerprint density at radius 2 is 1.52 bits per heavy atom. The van der Waals surface area contributed by atoms with Gasteiger partial charge in [0.05, 0.1) is 16.1 Å². The second-order valence-corrected chi connectivity index (χ2v) is 9.45. The van der Waals surface area contributed by atoms with Crippen LogP contribution >= 0.6 is 0 Å². The SMILES string of the molecule is CNS(=O)(=O)c1ccc(-c2cc(B3OC(C)(C)C(C)(C)O3)ccc2F)cc1. The van der Waals surface area contributed by atoms with Gasteiger partial charge in [-0.1, -0.05) is 24.3 Å². The summed E-state index contributed by atoms with van der Waals surface area (Å²) in [6.45, 7) is 7.83. The Hall–Kier alpha value is -1.74. The van der Waals surface area contributed by atoms with Crippen LogP contribution in [0.25, 0.3) is 11.1 Å². The molecule has 0 aliphatic carbocycles. The number of hydrogen-bond acceptors (Lipinski definition) is 4. The zero-order valence-electron chi connectivity index (χ0n) is 16.0. The molecule has 0 spiro atoms. The maximum absolute atomic E-state index is 14.4. The summed E-state index contributed by atoms with van der Waals surface area (Å²) >= 11 is 0. The van der Waals surface area contributed by atoms with Gasteiger partial charge >= 0.3 is 7.12 Å². The van der Waals surface area contributed by atoms with Crippen molar-refractivity contribution in [2.24, 2.45) is 0 Å². The number of hydrogen-bond donors (Lipinski definition) is 1. The molecule has 1 N–H and O–H groups in total. The monoisotopic (exact) mass is 391 g/mol. The second kappa shape index (κ2) is 6.70. The Kier molecular flexibility index (Phi) is 4.97. The van der Waals surface area contributed by atoms with Gasteiger partial charge in [0, 0.05) is 5.56 Å². The first kappa shape index (κ1) is 20.0. The molecule has 5 nitrogen and oxygen atoms in total. The van der Waals surface area contributed by atoms with Gasteiger partial charge in [0.2, 0.25) is 10.0 Å². The lowest BCUT2D eigenvalue weighted by Crippen LogP contribution is -2.41. The van der Waals surface area contributed by atoms with E-state index >= 15 is 0 Å². The van der Waals surface area contributed by atoms with E-state index in [1.54, 1.807) is 24.3 Å². The summed E-state index contributed by atoms with van der Waals surface area (Å²) in [5.41, 5.74) is 0.651. The van der Waals surface area contributed by atoms with E-state index in [1.807, 2.05) is 27.7 Å². The predicted octanol–water partition coefficient (Wildman–Crippen LogP) is 2.70. The van der Waals surface area contributed by atoms with Crippen LogP contribution in [0, 0.1) is 5.82 Å². The molecule has 27 heavy (non-hydrogen) atoms. The average Bonchev–Trinajstić information content (AvgIpc) is 2.83. The standard InChI is InChI=1S/C19H23BFNO4S/c1-18(2)19(3,4)26-20(25-18)14-8-11-17(21)16(12-14)13-6-9-15(10-7-13)27(23,24)22-5/h6-12,22H,1-5H3. The highest BCUT2D eigenvalue weighted by molar-refractivity contribution is 7.89. The molecule has 0 saturated carbocycles. The molecule has 1 aliphatic heterocycles. The first-order chi connectivity index (χ1) is 12.5. The summed E-state index contributed by atoms with van der Waals surface area (Å²) in [7, 11) is -2.79. The third kappa shape index (κ3) is 3.67. The van der Waals surface area contributed by atoms with E-state index in [1.165, 1.54) is 25.2 Å². The van der Waals surface area contributed by atoms with Crippen molar-refractivity contribution in [3.8, 4) is 11.1 Å². The number of nitrogens with one attached hydrogen (secondary N) is 1. The lowest BCUT2D eigenvalue weighted by Gasteiger charge is -2.32. The number of rotatable bonds is 4. The molecular formula is C19H23BFNO4S. The van der Waals surface area contributed by atoms with Gasteiger partial charge in [-0.05, 0) is 64.0 Å². The molecule has 0 amide bonds. The van der Waals surface area contributed by atoms with Gasteiger partial charge in [-0.25, -0.2) is 17.5 Å². The summed E-state index contributed by atoms with van der Waals surface area (Å²) in [6, 6.07) is 10.7. The highest BCUT2D eigenvalue weighted by atomic mass is 32.2. The van der Waals surface area contributed by atoms with E-state index in [-0.39, 0.29) is 4.90 Å². The minimum Gasteiger partial charge on any atom is -0.399 e. The molecule has 0 bridgehead atoms. The zero-order chi connectivity index (χ0) is 20.0. The van der Waals surface area contributed by atoms with Gasteiger partial charge in [0.15, 0.2) is 0 Å². The van der Waals surface area contributed by atoms with Crippen LogP contribution in [0.5, 0.6) is 0 Å². The number of halogens is 1. The fraction of sp³-hybridized carbons (Fsp3) is 0.368. The zero-order valence-corrected chi connectivity index (χ0v) is 16.9. The predicted molar refractivity (Wildman–Crippen MR) is 104 cm³/mol. The van der Waals surface area contributed by atoms with E-state index in [9.17, 15) is 12.8 Å². The maximum Gasteiger partial charge on any atom is 0.494 e. The van der Waals surface area contributed by atoms with Crippen molar-refractivity contribution in [2.45, 2.75) is 43.8 Å². The smallest absolute Gasteiger partial charge is 0.399 e. The third-order valence-electron chi connectivity index (χ3n) is 5.26. The maximum atomic E-state index is 14.4. The van der Waals surface area contributed by atoms with Crippen LogP contribution in [0.2, 0.25) is 0 Å². The largest absolute Gasteiger partial charge is 0.494 e. The lowest BCUT2D eigenvalue weighted by atomic mass is 9.78. The molecule has 2 aromatic carbocycles. The normalized spacial score (nSPS) is 18.7. The molecule has 1 aliphatic rings. The molecule has 1 fully saturated rings. The molecular weight excluding hydrogens is 368 g/mol. The van der Waals surface area contributed by atoms with Gasteiger partial charge in [-0.3, -0.25) is 0 Å². The van der Waals surface area contributed by atoms with Crippen LogP contribution in [-0.4, -0.2) is 33.8 Å². The Bertz CT molecular complexity index is 942. The fourth-order valence-electron chi connectivity index (χ4n) is 2.82. The Morgan fingerprint density at radius 3 is 2.04 bits per heavy atom. The van der Waals surface area contributed by atoms with Gasteiger partial charge in [0.1, 0.15) is 5.82 Å². The third-order valence-corrected chi connectivity index (χ3v) is 6.69. The minimum atomic E-state index is -3.54. The molecule has 0 radical (unpaired) electrons. The van der Waals surface area contributed by atoms with Crippen molar-refractivity contribution in [1.29, 1.82) is 0 Å². The molecule has 8 heteroatoms. The van der Waals surface area contributed by atoms with Crippen LogP contribution in [0.4, 0.5) is 4.39 Å². The minimum absolute atomic E-state index is 0.122. The average molecular weight is 391 g/mol. The molecule has 0 unspecified atom stereocenters. The van der Waals surface area contributed by atoms with Crippen molar-refractivity contribution in [3.63, 3.8) is 0 Å². The van der Waals surface area contributed by atoms with Gasteiger partial charge in [0.25, 0.3) is 0 Å². The van der Waals surface area contributed by atoms with E-state index in [0.717, 1.165) is 0 Å². The molecule has 0 atom stereocenters. The van der Waals surface area contributed by atoms with Crippen molar-refractivity contribution in [3.05, 3.63) is 48.3 Å². The first-order valence-electron chi connectivity index (χ1n) is 8.66. The van der Waals surface area contributed by atoms with Gasteiger partial charge in [-0.2, -0.15) is 0 Å². The van der Waals surface area contributed by atoms with Crippen molar-refractivity contribution in [1.82, 2.24) is 4.72 Å². The highest BCUT2D eigenvalue weighted by Gasteiger charge is 2.51. The Labute approximate surface area is 160 Å². The molecule has 2 aromatic rings. The summed E-state index contributed by atoms with van der Waals surface area (Å²) in [4.78, 5) is 0.122.